The van der Waals surface area contributed by atoms with E-state index in [0.29, 0.717) is 0 Å². The maximum absolute atomic E-state index is 2.68. The lowest BCUT2D eigenvalue weighted by atomic mass is 9.88. The zero-order valence-corrected chi connectivity index (χ0v) is 37.4. The molecule has 0 atom stereocenters. The summed E-state index contributed by atoms with van der Waals surface area (Å²) in [4.78, 5) is 0. The maximum atomic E-state index is 2.68. The van der Waals surface area contributed by atoms with E-state index in [0.717, 1.165) is 0 Å². The summed E-state index contributed by atoms with van der Waals surface area (Å²) in [7, 11) is 0. The molecule has 0 unspecified atom stereocenters. The second-order valence-corrected chi connectivity index (χ2v) is 19.8. The minimum Gasteiger partial charge on any atom is -0.308 e. The van der Waals surface area contributed by atoms with Crippen LogP contribution in [0.15, 0.2) is 206 Å². The topological polar surface area (TPSA) is 17.6 Å². The van der Waals surface area contributed by atoms with Gasteiger partial charge in [-0.1, -0.05) is 170 Å². The van der Waals surface area contributed by atoms with Crippen LogP contribution in [-0.4, -0.2) is 17.6 Å². The van der Waals surface area contributed by atoms with Gasteiger partial charge in [0.25, 0.3) is 0 Å². The van der Waals surface area contributed by atoms with Crippen molar-refractivity contribution in [3.8, 4) is 22.3 Å². The predicted octanol–water partition coefficient (Wildman–Crippen LogP) is 17.6. The van der Waals surface area contributed by atoms with Crippen molar-refractivity contribution in [1.29, 1.82) is 0 Å². The van der Waals surface area contributed by atoms with Crippen LogP contribution in [0.2, 0.25) is 0 Å². The molecule has 8 aromatic heterocycles. The largest absolute Gasteiger partial charge is 0.308 e. The summed E-state index contributed by atoms with van der Waals surface area (Å²) in [5.41, 5.74) is 20.1. The Labute approximate surface area is 396 Å². The van der Waals surface area contributed by atoms with Crippen molar-refractivity contribution in [3.63, 3.8) is 0 Å². The lowest BCUT2D eigenvalue weighted by Crippen LogP contribution is -1.93. The zero-order valence-electron chi connectivity index (χ0n) is 37.4. The van der Waals surface area contributed by atoms with Crippen LogP contribution in [-0.2, 0) is 0 Å². The van der Waals surface area contributed by atoms with Gasteiger partial charge in [0.2, 0.25) is 0 Å². The smallest absolute Gasteiger partial charge is 0.0634 e. The Balaban J connectivity index is 1.21. The van der Waals surface area contributed by atoms with Crippen molar-refractivity contribution in [2.24, 2.45) is 0 Å². The number of rotatable bonds is 2. The van der Waals surface area contributed by atoms with Gasteiger partial charge in [0.1, 0.15) is 0 Å². The van der Waals surface area contributed by atoms with E-state index in [1.54, 1.807) is 0 Å². The number of fused-ring (bicyclic) bond motifs is 26. The third-order valence-corrected chi connectivity index (χ3v) is 16.8. The molecule has 0 saturated carbocycles. The SMILES string of the molecule is c1ccc(-c2c3c4c5c6cccc7c8ccccc8n(c5cc5c8ccccc8n(c3c(-c3ccccc3)c3c8c9c%10cccc%11c%12ccccc%12n(c9cc9c%12ccccc%12n(c23)c98)c%11%10)c54)c76)cc1. The number of benzene rings is 11. The van der Waals surface area contributed by atoms with Crippen LogP contribution in [0.5, 0.6) is 0 Å². The van der Waals surface area contributed by atoms with Crippen molar-refractivity contribution in [2.75, 3.05) is 0 Å². The molecule has 0 bridgehead atoms. The van der Waals surface area contributed by atoms with E-state index in [1.165, 1.54) is 175 Å². The lowest BCUT2D eigenvalue weighted by Gasteiger charge is -2.16. The van der Waals surface area contributed by atoms with Crippen LogP contribution in [0, 0.1) is 0 Å². The highest BCUT2D eigenvalue weighted by molar-refractivity contribution is 6.46. The molecule has 11 aromatic carbocycles. The molecule has 19 aromatic rings. The van der Waals surface area contributed by atoms with Gasteiger partial charge in [-0.05, 0) is 47.5 Å². The van der Waals surface area contributed by atoms with E-state index in [1.807, 2.05) is 0 Å². The van der Waals surface area contributed by atoms with Gasteiger partial charge in [-0.15, -0.1) is 0 Å². The van der Waals surface area contributed by atoms with Crippen molar-refractivity contribution >= 4 is 152 Å². The van der Waals surface area contributed by atoms with Crippen LogP contribution in [0.3, 0.4) is 0 Å². The highest BCUT2D eigenvalue weighted by atomic mass is 15.0. The van der Waals surface area contributed by atoms with Gasteiger partial charge in [0.15, 0.2) is 0 Å². The first-order valence-corrected chi connectivity index (χ1v) is 24.5. The molecule has 4 heteroatoms. The summed E-state index contributed by atoms with van der Waals surface area (Å²) in [6.07, 6.45) is 0. The molecule has 8 heterocycles. The van der Waals surface area contributed by atoms with Crippen molar-refractivity contribution in [1.82, 2.24) is 17.6 Å². The highest BCUT2D eigenvalue weighted by Gasteiger charge is 2.34. The Morgan fingerprint density at radius 2 is 0.514 bits per heavy atom. The number of hydrogen-bond acceptors (Lipinski definition) is 0. The van der Waals surface area contributed by atoms with Crippen molar-refractivity contribution < 1.29 is 0 Å². The lowest BCUT2D eigenvalue weighted by molar-refractivity contribution is 1.36. The number of nitrogens with zero attached hydrogens (tertiary/aromatic N) is 4. The molecule has 0 saturated heterocycles. The summed E-state index contributed by atoms with van der Waals surface area (Å²) < 4.78 is 10.5. The Hall–Kier alpha value is -9.38. The molecular formula is C66H34N4. The summed E-state index contributed by atoms with van der Waals surface area (Å²) in [5.74, 6) is 0. The van der Waals surface area contributed by atoms with Gasteiger partial charge in [0.05, 0.1) is 66.2 Å². The highest BCUT2D eigenvalue weighted by Crippen LogP contribution is 2.58. The molecule has 0 aliphatic heterocycles. The monoisotopic (exact) mass is 882 g/mol. The fraction of sp³-hybridized carbons (Fsp3) is 0. The molecule has 0 spiro atoms. The molecule has 0 aliphatic carbocycles. The summed E-state index contributed by atoms with van der Waals surface area (Å²) in [6, 6.07) is 78.0. The number of hydrogen-bond donors (Lipinski definition) is 0. The molecule has 19 rings (SSSR count). The van der Waals surface area contributed by atoms with Crippen LogP contribution in [0.4, 0.5) is 0 Å². The number of aromatic nitrogens is 4. The van der Waals surface area contributed by atoms with Gasteiger partial charge >= 0.3 is 0 Å². The van der Waals surface area contributed by atoms with E-state index in [-0.39, 0.29) is 0 Å². The van der Waals surface area contributed by atoms with E-state index in [9.17, 15) is 0 Å². The molecular weight excluding hydrogens is 849 g/mol. The summed E-state index contributed by atoms with van der Waals surface area (Å²) in [5, 5.41) is 20.8. The van der Waals surface area contributed by atoms with Crippen LogP contribution < -0.4 is 0 Å². The van der Waals surface area contributed by atoms with Gasteiger partial charge < -0.3 is 17.6 Å². The number of para-hydroxylation sites is 6. The van der Waals surface area contributed by atoms with Gasteiger partial charge in [-0.2, -0.15) is 0 Å². The zero-order chi connectivity index (χ0) is 44.8. The van der Waals surface area contributed by atoms with E-state index in [2.05, 4.69) is 224 Å². The molecule has 0 aliphatic rings. The fourth-order valence-electron chi connectivity index (χ4n) is 14.4. The maximum Gasteiger partial charge on any atom is 0.0634 e. The quantitative estimate of drug-likeness (QED) is 0.165. The Morgan fingerprint density at radius 3 is 0.929 bits per heavy atom. The fourth-order valence-corrected chi connectivity index (χ4v) is 14.4. The summed E-state index contributed by atoms with van der Waals surface area (Å²) in [6.45, 7) is 0. The van der Waals surface area contributed by atoms with Crippen LogP contribution in [0.25, 0.3) is 175 Å². The molecule has 0 amide bonds. The predicted molar refractivity (Wildman–Crippen MR) is 296 cm³/mol. The Bertz CT molecular complexity index is 5170. The van der Waals surface area contributed by atoms with E-state index >= 15 is 0 Å². The molecule has 70 heavy (non-hydrogen) atoms. The Morgan fingerprint density at radius 1 is 0.186 bits per heavy atom. The second kappa shape index (κ2) is 11.6. The minimum absolute atomic E-state index is 1.21. The second-order valence-electron chi connectivity index (χ2n) is 19.8. The van der Waals surface area contributed by atoms with Crippen LogP contribution >= 0.6 is 0 Å². The molecule has 0 N–H and O–H groups in total. The Kier molecular flexibility index (Phi) is 5.80. The first-order chi connectivity index (χ1) is 34.8. The average molecular weight is 883 g/mol. The van der Waals surface area contributed by atoms with Gasteiger partial charge in [-0.25, -0.2) is 0 Å². The molecule has 0 fully saturated rings. The first kappa shape index (κ1) is 34.9. The third-order valence-electron chi connectivity index (χ3n) is 16.8. The average Bonchev–Trinajstić information content (AvgIpc) is 4.34. The molecule has 4 nitrogen and oxygen atoms in total. The first-order valence-electron chi connectivity index (χ1n) is 24.5. The van der Waals surface area contributed by atoms with E-state index in [4.69, 9.17) is 0 Å². The van der Waals surface area contributed by atoms with Crippen molar-refractivity contribution in [3.05, 3.63) is 206 Å². The molecule has 318 valence electrons. The van der Waals surface area contributed by atoms with Gasteiger partial charge in [-0.3, -0.25) is 0 Å². The van der Waals surface area contributed by atoms with Crippen molar-refractivity contribution in [2.45, 2.75) is 0 Å². The van der Waals surface area contributed by atoms with Crippen LogP contribution in [0.1, 0.15) is 0 Å². The minimum atomic E-state index is 1.21. The third kappa shape index (κ3) is 3.66. The normalized spacial score (nSPS) is 13.1. The van der Waals surface area contributed by atoms with Gasteiger partial charge in [0, 0.05) is 97.3 Å². The van der Waals surface area contributed by atoms with E-state index < -0.39 is 0 Å². The summed E-state index contributed by atoms with van der Waals surface area (Å²) >= 11 is 0. The molecule has 0 radical (unpaired) electrons. The standard InChI is InChI=1S/C66H34N4/c1-3-17-35(18-4-1)53-57-59-55-43-27-15-25-41-37-21-7-11-29-47(37)67(61(41)43)51(55)33-45-40-24-10-14-32-50(40)70(63(45)59)66(57)54(36-19-5-2-6-20-36)58-60-56-44-28-16-26-42-38-22-8-12-30-48(38)68(62(42)44)52(56)34-46-39-23-9-13-31-49(39)69(64(46)60)65(53)58/h1-34H.